The highest BCUT2D eigenvalue weighted by atomic mass is 32.1. The number of nitrogens with zero attached hydrogens (tertiary/aromatic N) is 2. The second-order valence-electron chi connectivity index (χ2n) is 14.7. The molecule has 2 aliphatic heterocycles. The van der Waals surface area contributed by atoms with Crippen LogP contribution < -0.4 is 18.9 Å². The van der Waals surface area contributed by atoms with Gasteiger partial charge >= 0.3 is 11.9 Å². The standard InChI is InChI=1S/2C23H23NO4S/c2*1-14-3-5-16(6-4-14)22-24-15(2)21(29-22)13-28-19-8-7-17-11-18(23(25)26)9-10-27-20(17)12-19/h2*3-8,12,18H,9-11,13H2,1-2H3,(H,25,26)/t2*18-/m10/s1. The monoisotopic (exact) mass is 818 g/mol. The third-order valence-corrected chi connectivity index (χ3v) is 12.6. The molecule has 4 heterocycles. The van der Waals surface area contributed by atoms with Gasteiger partial charge in [0.25, 0.3) is 0 Å². The number of carbonyl (C=O) groups is 2. The molecule has 0 saturated carbocycles. The summed E-state index contributed by atoms with van der Waals surface area (Å²) in [6, 6.07) is 28.0. The number of benzene rings is 4. The van der Waals surface area contributed by atoms with Gasteiger partial charge in [-0.3, -0.25) is 9.59 Å². The number of aliphatic carboxylic acids is 2. The maximum atomic E-state index is 11.3. The van der Waals surface area contributed by atoms with Crippen molar-refractivity contribution in [1.82, 2.24) is 9.97 Å². The third-order valence-electron chi connectivity index (χ3n) is 10.3. The molecule has 2 aliphatic rings. The lowest BCUT2D eigenvalue weighted by Crippen LogP contribution is -2.16. The van der Waals surface area contributed by atoms with E-state index in [-0.39, 0.29) is 0 Å². The summed E-state index contributed by atoms with van der Waals surface area (Å²) in [7, 11) is 0. The first kappa shape index (κ1) is 40.5. The molecule has 0 bridgehead atoms. The molecule has 0 fully saturated rings. The minimum absolute atomic E-state index is 0.400. The summed E-state index contributed by atoms with van der Waals surface area (Å²) < 4.78 is 23.5. The normalized spacial score (nSPS) is 15.9. The smallest absolute Gasteiger partial charge is 0.306 e. The molecular weight excluding hydrogens is 773 g/mol. The highest BCUT2D eigenvalue weighted by molar-refractivity contribution is 7.15. The lowest BCUT2D eigenvalue weighted by Gasteiger charge is -2.11. The molecule has 0 unspecified atom stereocenters. The van der Waals surface area contributed by atoms with E-state index in [4.69, 9.17) is 18.9 Å². The number of hydrogen-bond donors (Lipinski definition) is 2. The van der Waals surface area contributed by atoms with Crippen molar-refractivity contribution in [2.24, 2.45) is 11.8 Å². The van der Waals surface area contributed by atoms with Gasteiger partial charge in [-0.15, -0.1) is 22.7 Å². The van der Waals surface area contributed by atoms with Crippen molar-refractivity contribution in [1.29, 1.82) is 0 Å². The van der Waals surface area contributed by atoms with Crippen LogP contribution in [0.3, 0.4) is 0 Å². The van der Waals surface area contributed by atoms with Crippen LogP contribution in [0.4, 0.5) is 0 Å². The Hall–Kier alpha value is -5.72. The molecule has 2 aromatic heterocycles. The van der Waals surface area contributed by atoms with E-state index in [1.54, 1.807) is 22.7 Å². The number of hydrogen-bond acceptors (Lipinski definition) is 10. The average molecular weight is 819 g/mol. The van der Waals surface area contributed by atoms with Gasteiger partial charge < -0.3 is 29.2 Å². The Morgan fingerprint density at radius 1 is 0.621 bits per heavy atom. The molecule has 12 heteroatoms. The van der Waals surface area contributed by atoms with E-state index in [1.165, 1.54) is 11.1 Å². The van der Waals surface area contributed by atoms with E-state index in [2.05, 4.69) is 72.3 Å². The lowest BCUT2D eigenvalue weighted by molar-refractivity contribution is -0.143. The Morgan fingerprint density at radius 3 is 1.40 bits per heavy atom. The Bertz CT molecular complexity index is 2220. The molecule has 0 spiro atoms. The number of carboxylic acids is 2. The Labute approximate surface area is 346 Å². The predicted octanol–water partition coefficient (Wildman–Crippen LogP) is 10.1. The quantitative estimate of drug-likeness (QED) is 0.137. The second kappa shape index (κ2) is 18.3. The molecule has 4 aromatic carbocycles. The zero-order valence-corrected chi connectivity index (χ0v) is 34.6. The summed E-state index contributed by atoms with van der Waals surface area (Å²) in [5.41, 5.74) is 8.46. The molecule has 0 saturated heterocycles. The van der Waals surface area contributed by atoms with Crippen molar-refractivity contribution < 1.29 is 38.7 Å². The molecule has 300 valence electrons. The van der Waals surface area contributed by atoms with Gasteiger partial charge in [-0.1, -0.05) is 71.8 Å². The number of aromatic nitrogens is 2. The Morgan fingerprint density at radius 2 is 1.02 bits per heavy atom. The van der Waals surface area contributed by atoms with E-state index >= 15 is 0 Å². The van der Waals surface area contributed by atoms with Crippen molar-refractivity contribution in [2.75, 3.05) is 13.2 Å². The first-order chi connectivity index (χ1) is 28.0. The molecule has 0 radical (unpaired) electrons. The number of fused-ring (bicyclic) bond motifs is 2. The summed E-state index contributed by atoms with van der Waals surface area (Å²) in [6.45, 7) is 9.82. The summed E-state index contributed by atoms with van der Waals surface area (Å²) in [6.07, 6.45) is 2.00. The van der Waals surface area contributed by atoms with Gasteiger partial charge in [0.05, 0.1) is 46.2 Å². The second-order valence-corrected chi connectivity index (χ2v) is 16.8. The van der Waals surface area contributed by atoms with Gasteiger partial charge in [0.15, 0.2) is 0 Å². The molecule has 58 heavy (non-hydrogen) atoms. The van der Waals surface area contributed by atoms with Crippen LogP contribution in [0.2, 0.25) is 0 Å². The van der Waals surface area contributed by atoms with Gasteiger partial charge in [-0.05, 0) is 76.6 Å². The Balaban J connectivity index is 0.000000177. The van der Waals surface area contributed by atoms with E-state index in [0.29, 0.717) is 75.1 Å². The zero-order chi connectivity index (χ0) is 40.8. The maximum Gasteiger partial charge on any atom is 0.306 e. The molecule has 2 N–H and O–H groups in total. The van der Waals surface area contributed by atoms with Crippen molar-refractivity contribution in [2.45, 2.75) is 66.6 Å². The van der Waals surface area contributed by atoms with Gasteiger partial charge in [0, 0.05) is 23.3 Å². The van der Waals surface area contributed by atoms with Gasteiger partial charge in [0.1, 0.15) is 46.2 Å². The average Bonchev–Trinajstić information content (AvgIpc) is 3.58. The first-order valence-electron chi connectivity index (χ1n) is 19.3. The zero-order valence-electron chi connectivity index (χ0n) is 32.9. The van der Waals surface area contributed by atoms with E-state index in [1.807, 2.05) is 50.2 Å². The van der Waals surface area contributed by atoms with Crippen LogP contribution in [-0.4, -0.2) is 45.3 Å². The number of ether oxygens (including phenoxy) is 4. The topological polar surface area (TPSA) is 137 Å². The predicted molar refractivity (Wildman–Crippen MR) is 225 cm³/mol. The molecule has 2 atom stereocenters. The largest absolute Gasteiger partial charge is 0.493 e. The van der Waals surface area contributed by atoms with Gasteiger partial charge in [-0.25, -0.2) is 9.97 Å². The van der Waals surface area contributed by atoms with Crippen LogP contribution in [0, 0.1) is 39.5 Å². The van der Waals surface area contributed by atoms with E-state index in [0.717, 1.165) is 53.4 Å². The fraction of sp³-hybridized carbons (Fsp3) is 0.304. The van der Waals surface area contributed by atoms with Crippen molar-refractivity contribution in [3.05, 3.63) is 128 Å². The summed E-state index contributed by atoms with van der Waals surface area (Å²) in [5, 5.41) is 20.6. The number of aryl methyl sites for hydroxylation is 4. The number of carboxylic acid groups (broad SMARTS) is 2. The fourth-order valence-electron chi connectivity index (χ4n) is 6.70. The molecule has 10 nitrogen and oxygen atoms in total. The van der Waals surface area contributed by atoms with Crippen LogP contribution in [0.1, 0.15) is 56.2 Å². The molecular formula is C46H46N2O8S2. The SMILES string of the molecule is Cc1ccc(-c2nc(C)c(COc3ccc4c(c3)OCC[C@@H](C(=O)O)C4)s2)cc1.Cc1ccc(-c2nc(C)c(COc3ccc4c(c3)OCC[C@H](C(=O)O)C4)s2)cc1. The third kappa shape index (κ3) is 10.0. The number of rotatable bonds is 10. The maximum absolute atomic E-state index is 11.3. The molecule has 0 aliphatic carbocycles. The minimum atomic E-state index is -0.771. The van der Waals surface area contributed by atoms with Crippen LogP contribution >= 0.6 is 22.7 Å². The highest BCUT2D eigenvalue weighted by Gasteiger charge is 2.25. The van der Waals surface area contributed by atoms with Crippen LogP contribution in [0.15, 0.2) is 84.9 Å². The molecule has 8 rings (SSSR count). The van der Waals surface area contributed by atoms with E-state index in [9.17, 15) is 19.8 Å². The van der Waals surface area contributed by atoms with Crippen molar-refractivity contribution in [3.8, 4) is 44.1 Å². The van der Waals surface area contributed by atoms with E-state index < -0.39 is 23.8 Å². The Kier molecular flexibility index (Phi) is 12.7. The first-order valence-corrected chi connectivity index (χ1v) is 20.9. The highest BCUT2D eigenvalue weighted by Crippen LogP contribution is 2.35. The summed E-state index contributed by atoms with van der Waals surface area (Å²) >= 11 is 3.28. The van der Waals surface area contributed by atoms with Crippen molar-refractivity contribution >= 4 is 34.6 Å². The van der Waals surface area contributed by atoms with Crippen LogP contribution in [-0.2, 0) is 35.6 Å². The number of thiazole rings is 2. The fourth-order valence-corrected chi connectivity index (χ4v) is 8.66. The van der Waals surface area contributed by atoms with Crippen molar-refractivity contribution in [3.63, 3.8) is 0 Å². The van der Waals surface area contributed by atoms with Gasteiger partial charge in [-0.2, -0.15) is 0 Å². The van der Waals surface area contributed by atoms with Gasteiger partial charge in [0.2, 0.25) is 0 Å². The molecule has 6 aromatic rings. The molecule has 0 amide bonds. The van der Waals surface area contributed by atoms with Crippen LogP contribution in [0.5, 0.6) is 23.0 Å². The minimum Gasteiger partial charge on any atom is -0.493 e. The summed E-state index contributed by atoms with van der Waals surface area (Å²) in [4.78, 5) is 34.2. The lowest BCUT2D eigenvalue weighted by atomic mass is 9.97. The summed E-state index contributed by atoms with van der Waals surface area (Å²) in [5.74, 6) is 0.509. The van der Waals surface area contributed by atoms with Crippen LogP contribution in [0.25, 0.3) is 21.1 Å².